The fourth-order valence-electron chi connectivity index (χ4n) is 1.34. The molecule has 0 spiro atoms. The summed E-state index contributed by atoms with van der Waals surface area (Å²) < 4.78 is 2.14. The van der Waals surface area contributed by atoms with Gasteiger partial charge < -0.3 is 5.73 Å². The van der Waals surface area contributed by atoms with E-state index in [4.69, 9.17) is 5.73 Å². The number of imidazole rings is 1. The quantitative estimate of drug-likeness (QED) is 0.808. The van der Waals surface area contributed by atoms with Crippen LogP contribution in [-0.2, 0) is 6.42 Å². The molecule has 2 aromatic heterocycles. The minimum atomic E-state index is 0.740. The fourth-order valence-corrected chi connectivity index (χ4v) is 2.21. The number of hydrogen-bond donors (Lipinski definition) is 1. The van der Waals surface area contributed by atoms with Gasteiger partial charge in [0.05, 0.1) is 5.69 Å². The molecular formula is C9H13N3S. The molecule has 0 fully saturated rings. The van der Waals surface area contributed by atoms with E-state index >= 15 is 0 Å². The molecule has 2 rings (SSSR count). The van der Waals surface area contributed by atoms with E-state index in [1.54, 1.807) is 11.3 Å². The van der Waals surface area contributed by atoms with Crippen LogP contribution in [0.3, 0.4) is 0 Å². The SMILES string of the molecule is Cc1csc2nc(CCCN)cn12. The number of rotatable bonds is 3. The van der Waals surface area contributed by atoms with Crippen LogP contribution in [0.1, 0.15) is 17.8 Å². The van der Waals surface area contributed by atoms with Gasteiger partial charge in [0.15, 0.2) is 4.96 Å². The highest BCUT2D eigenvalue weighted by molar-refractivity contribution is 7.15. The topological polar surface area (TPSA) is 43.3 Å². The summed E-state index contributed by atoms with van der Waals surface area (Å²) >= 11 is 1.69. The predicted molar refractivity (Wildman–Crippen MR) is 55.2 cm³/mol. The largest absolute Gasteiger partial charge is 0.330 e. The number of hydrogen-bond acceptors (Lipinski definition) is 3. The highest BCUT2D eigenvalue weighted by Gasteiger charge is 2.03. The van der Waals surface area contributed by atoms with Gasteiger partial charge in [-0.25, -0.2) is 4.98 Å². The first-order valence-electron chi connectivity index (χ1n) is 4.43. The number of aromatic nitrogens is 2. The summed E-state index contributed by atoms with van der Waals surface area (Å²) in [6, 6.07) is 0. The zero-order valence-corrected chi connectivity index (χ0v) is 8.47. The van der Waals surface area contributed by atoms with Crippen LogP contribution in [0.2, 0.25) is 0 Å². The molecule has 0 aromatic carbocycles. The maximum absolute atomic E-state index is 5.44. The third kappa shape index (κ3) is 1.59. The molecular weight excluding hydrogens is 182 g/mol. The summed E-state index contributed by atoms with van der Waals surface area (Å²) in [5.74, 6) is 0. The van der Waals surface area contributed by atoms with E-state index in [1.165, 1.54) is 5.69 Å². The molecule has 70 valence electrons. The molecule has 13 heavy (non-hydrogen) atoms. The number of thiazole rings is 1. The smallest absolute Gasteiger partial charge is 0.194 e. The van der Waals surface area contributed by atoms with Crippen LogP contribution < -0.4 is 5.73 Å². The molecule has 0 amide bonds. The molecule has 2 aromatic rings. The summed E-state index contributed by atoms with van der Waals surface area (Å²) in [5, 5.41) is 2.12. The van der Waals surface area contributed by atoms with Gasteiger partial charge in [-0.2, -0.15) is 0 Å². The van der Waals surface area contributed by atoms with Gasteiger partial charge >= 0.3 is 0 Å². The van der Waals surface area contributed by atoms with E-state index in [9.17, 15) is 0 Å². The predicted octanol–water partition coefficient (Wildman–Crippen LogP) is 1.60. The zero-order valence-electron chi connectivity index (χ0n) is 7.66. The van der Waals surface area contributed by atoms with E-state index < -0.39 is 0 Å². The number of nitrogens with zero attached hydrogens (tertiary/aromatic N) is 2. The van der Waals surface area contributed by atoms with Gasteiger partial charge in [0.2, 0.25) is 0 Å². The monoisotopic (exact) mass is 195 g/mol. The van der Waals surface area contributed by atoms with Crippen LogP contribution in [0.25, 0.3) is 4.96 Å². The summed E-state index contributed by atoms with van der Waals surface area (Å²) in [7, 11) is 0. The van der Waals surface area contributed by atoms with Crippen LogP contribution >= 0.6 is 11.3 Å². The van der Waals surface area contributed by atoms with Crippen LogP contribution in [0.5, 0.6) is 0 Å². The van der Waals surface area contributed by atoms with Crippen molar-refractivity contribution in [2.24, 2.45) is 5.73 Å². The van der Waals surface area contributed by atoms with Crippen LogP contribution in [0.15, 0.2) is 11.6 Å². The van der Waals surface area contributed by atoms with Crippen molar-refractivity contribution < 1.29 is 0 Å². The molecule has 0 bridgehead atoms. The van der Waals surface area contributed by atoms with Crippen molar-refractivity contribution in [2.75, 3.05) is 6.54 Å². The second kappa shape index (κ2) is 3.47. The second-order valence-corrected chi connectivity index (χ2v) is 3.99. The number of nitrogens with two attached hydrogens (primary N) is 1. The van der Waals surface area contributed by atoms with Gasteiger partial charge in [0.25, 0.3) is 0 Å². The van der Waals surface area contributed by atoms with Crippen molar-refractivity contribution in [3.63, 3.8) is 0 Å². The maximum Gasteiger partial charge on any atom is 0.194 e. The minimum absolute atomic E-state index is 0.740. The molecule has 3 nitrogen and oxygen atoms in total. The Morgan fingerprint density at radius 3 is 3.15 bits per heavy atom. The normalized spacial score (nSPS) is 11.2. The van der Waals surface area contributed by atoms with Crippen molar-refractivity contribution >= 4 is 16.3 Å². The Morgan fingerprint density at radius 2 is 2.46 bits per heavy atom. The molecule has 0 aliphatic heterocycles. The van der Waals surface area contributed by atoms with Crippen molar-refractivity contribution in [3.8, 4) is 0 Å². The lowest BCUT2D eigenvalue weighted by atomic mass is 10.2. The van der Waals surface area contributed by atoms with Crippen molar-refractivity contribution in [3.05, 3.63) is 23.0 Å². The molecule has 0 atom stereocenters. The first-order chi connectivity index (χ1) is 6.31. The Morgan fingerprint density at radius 1 is 1.62 bits per heavy atom. The molecule has 0 saturated carbocycles. The average Bonchev–Trinajstić information content (AvgIpc) is 2.65. The van der Waals surface area contributed by atoms with E-state index in [1.807, 2.05) is 0 Å². The van der Waals surface area contributed by atoms with E-state index in [0.29, 0.717) is 0 Å². The Hall–Kier alpha value is -0.870. The number of fused-ring (bicyclic) bond motifs is 1. The van der Waals surface area contributed by atoms with Gasteiger partial charge in [0, 0.05) is 17.3 Å². The summed E-state index contributed by atoms with van der Waals surface area (Å²) in [6.45, 7) is 2.84. The minimum Gasteiger partial charge on any atom is -0.330 e. The van der Waals surface area contributed by atoms with Crippen molar-refractivity contribution in [1.29, 1.82) is 0 Å². The lowest BCUT2D eigenvalue weighted by Gasteiger charge is -1.91. The average molecular weight is 195 g/mol. The first kappa shape index (κ1) is 8.72. The Bertz CT molecular complexity index is 402. The van der Waals surface area contributed by atoms with E-state index in [0.717, 1.165) is 30.0 Å². The lowest BCUT2D eigenvalue weighted by molar-refractivity contribution is 0.816. The van der Waals surface area contributed by atoms with Gasteiger partial charge in [-0.15, -0.1) is 11.3 Å². The van der Waals surface area contributed by atoms with Gasteiger partial charge in [0.1, 0.15) is 0 Å². The van der Waals surface area contributed by atoms with Gasteiger partial charge in [-0.3, -0.25) is 4.40 Å². The molecule has 2 heterocycles. The standard InChI is InChI=1S/C9H13N3S/c1-7-6-13-9-11-8(3-2-4-10)5-12(7)9/h5-6H,2-4,10H2,1H3. The maximum atomic E-state index is 5.44. The van der Waals surface area contributed by atoms with Crippen LogP contribution in [-0.4, -0.2) is 15.9 Å². The molecule has 0 aliphatic carbocycles. The first-order valence-corrected chi connectivity index (χ1v) is 5.31. The molecule has 2 N–H and O–H groups in total. The highest BCUT2D eigenvalue weighted by Crippen LogP contribution is 2.16. The highest BCUT2D eigenvalue weighted by atomic mass is 32.1. The second-order valence-electron chi connectivity index (χ2n) is 3.15. The molecule has 0 unspecified atom stereocenters. The molecule has 0 aliphatic rings. The zero-order chi connectivity index (χ0) is 9.26. The van der Waals surface area contributed by atoms with Gasteiger partial charge in [-0.1, -0.05) is 0 Å². The third-order valence-corrected chi connectivity index (χ3v) is 3.03. The lowest BCUT2D eigenvalue weighted by Crippen LogP contribution is -2.00. The fraction of sp³-hybridized carbons (Fsp3) is 0.444. The van der Waals surface area contributed by atoms with E-state index in [2.05, 4.69) is 27.9 Å². The summed E-state index contributed by atoms with van der Waals surface area (Å²) in [4.78, 5) is 5.58. The van der Waals surface area contributed by atoms with Crippen molar-refractivity contribution in [2.45, 2.75) is 19.8 Å². The Balaban J connectivity index is 2.28. The Kier molecular flexibility index (Phi) is 2.33. The Labute approximate surface area is 81.2 Å². The number of aryl methyl sites for hydroxylation is 2. The van der Waals surface area contributed by atoms with Crippen LogP contribution in [0, 0.1) is 6.92 Å². The molecule has 0 radical (unpaired) electrons. The molecule has 0 saturated heterocycles. The van der Waals surface area contributed by atoms with Crippen molar-refractivity contribution in [1.82, 2.24) is 9.38 Å². The summed E-state index contributed by atoms with van der Waals surface area (Å²) in [6.07, 6.45) is 4.12. The molecule has 4 heteroatoms. The summed E-state index contributed by atoms with van der Waals surface area (Å²) in [5.41, 5.74) is 7.85. The van der Waals surface area contributed by atoms with Crippen LogP contribution in [0.4, 0.5) is 0 Å². The van der Waals surface area contributed by atoms with E-state index in [-0.39, 0.29) is 0 Å². The van der Waals surface area contributed by atoms with Gasteiger partial charge in [-0.05, 0) is 26.3 Å². The third-order valence-electron chi connectivity index (χ3n) is 2.08.